The molecular weight excluding hydrogens is 662 g/mol. The van der Waals surface area contributed by atoms with Crippen LogP contribution in [0.3, 0.4) is 0 Å². The zero-order chi connectivity index (χ0) is 30.4. The first-order chi connectivity index (χ1) is 20.7. The second-order valence-electron chi connectivity index (χ2n) is 9.37. The van der Waals surface area contributed by atoms with E-state index in [1.807, 2.05) is 31.2 Å². The van der Waals surface area contributed by atoms with Crippen LogP contribution in [0.4, 0.5) is 13.2 Å². The van der Waals surface area contributed by atoms with Gasteiger partial charge in [-0.3, -0.25) is 0 Å². The van der Waals surface area contributed by atoms with Gasteiger partial charge in [0.1, 0.15) is 28.6 Å². The Balaban J connectivity index is 0.000000240. The van der Waals surface area contributed by atoms with E-state index >= 15 is 0 Å². The van der Waals surface area contributed by atoms with Crippen molar-refractivity contribution in [2.24, 2.45) is 0 Å². The van der Waals surface area contributed by atoms with Crippen LogP contribution in [0.2, 0.25) is 0 Å². The van der Waals surface area contributed by atoms with Crippen molar-refractivity contribution < 1.29 is 60.1 Å². The second kappa shape index (κ2) is 15.8. The molecule has 0 atom stereocenters. The Hall–Kier alpha value is -4.03. The first-order valence-corrected chi connectivity index (χ1v) is 13.4. The molecule has 0 saturated carbocycles. The summed E-state index contributed by atoms with van der Waals surface area (Å²) in [7, 11) is 0. The van der Waals surface area contributed by atoms with Crippen LogP contribution in [0.15, 0.2) is 73.1 Å². The topological polar surface area (TPSA) is 111 Å². The largest absolute Gasteiger partial charge is 0.573 e. The second-order valence-corrected chi connectivity index (χ2v) is 9.37. The number of hydrogen-bond donors (Lipinski definition) is 2. The minimum atomic E-state index is -4.73. The molecule has 6 rings (SSSR count). The molecule has 6 aromatic rings. The summed E-state index contributed by atoms with van der Waals surface area (Å²) in [6, 6.07) is 17.3. The van der Waals surface area contributed by atoms with E-state index in [0.717, 1.165) is 29.0 Å². The number of nitrogens with one attached hydrogen (secondary N) is 2. The Morgan fingerprint density at radius 3 is 1.80 bits per heavy atom. The van der Waals surface area contributed by atoms with Gasteiger partial charge in [0, 0.05) is 38.8 Å². The van der Waals surface area contributed by atoms with Crippen LogP contribution in [0.25, 0.3) is 45.1 Å². The molecule has 4 heterocycles. The Labute approximate surface area is 283 Å². The van der Waals surface area contributed by atoms with Crippen LogP contribution in [0.5, 0.6) is 17.2 Å². The number of alkyl halides is 3. The average Bonchev–Trinajstić information content (AvgIpc) is 3.60. The summed E-state index contributed by atoms with van der Waals surface area (Å²) in [5, 5.41) is 0. The zero-order valence-electron chi connectivity index (χ0n) is 25.0. The minimum Gasteiger partial charge on any atom is -0.524 e. The Bertz CT molecular complexity index is 1810. The number of aromatic nitrogens is 6. The number of fused-ring (bicyclic) bond motifs is 2. The standard InChI is InChI=1S/C16H14F3N3O2.C15H14N3O.CH3.Y/c1-2-7-23-11-4-6-13(20-9-11)15-21-12-5-3-10(8-14(12)22-15)24-16(17,18)19;1-3-19-11-5-7-13(16-9-11)15-17-12-6-4-10(2)8-14(12)18-15;;/h3-6,8-9H,2,7H2,1H3,(H,21,22);4-9H,1,3H2,2H3,(H,17,18);1H3;/q;2*-1;. The van der Waals surface area contributed by atoms with Gasteiger partial charge >= 0.3 is 6.36 Å². The van der Waals surface area contributed by atoms with Crippen LogP contribution in [0, 0.1) is 21.3 Å². The molecule has 0 bridgehead atoms. The Kier molecular flexibility index (Phi) is 12.5. The summed E-state index contributed by atoms with van der Waals surface area (Å²) in [5.74, 6) is 2.28. The number of pyridine rings is 2. The number of aromatic amines is 2. The summed E-state index contributed by atoms with van der Waals surface area (Å²) in [6.07, 6.45) is -0.574. The maximum absolute atomic E-state index is 12.3. The third kappa shape index (κ3) is 9.48. The van der Waals surface area contributed by atoms with E-state index in [1.54, 1.807) is 24.5 Å². The summed E-state index contributed by atoms with van der Waals surface area (Å²) in [4.78, 5) is 23.6. The normalized spacial score (nSPS) is 10.8. The molecule has 45 heavy (non-hydrogen) atoms. The van der Waals surface area contributed by atoms with Gasteiger partial charge in [-0.15, -0.1) is 13.2 Å². The number of nitrogens with zero attached hydrogens (tertiary/aromatic N) is 4. The molecular formula is C32H31F3N6O3Y-2. The van der Waals surface area contributed by atoms with Gasteiger partial charge in [0.05, 0.1) is 41.1 Å². The predicted octanol–water partition coefficient (Wildman–Crippen LogP) is 7.91. The van der Waals surface area contributed by atoms with Crippen LogP contribution < -0.4 is 14.2 Å². The molecule has 1 radical (unpaired) electrons. The third-order valence-corrected chi connectivity index (χ3v) is 6.02. The van der Waals surface area contributed by atoms with Crippen molar-refractivity contribution in [3.05, 3.63) is 93.0 Å². The van der Waals surface area contributed by atoms with E-state index in [1.165, 1.54) is 23.8 Å². The number of imidazole rings is 2. The fourth-order valence-electron chi connectivity index (χ4n) is 4.10. The first-order valence-electron chi connectivity index (χ1n) is 13.4. The SMILES string of the molecule is CCCOc1ccc(-c2nc3ccc(OC(F)(F)F)cc3[nH]2)nc1.[CH2-]COc1ccc(-c2nc3ccc(C)cc3[nH]2)nc1.[CH3-].[Y]. The first kappa shape index (κ1) is 35.5. The van der Waals surface area contributed by atoms with Crippen molar-refractivity contribution >= 4 is 22.1 Å². The van der Waals surface area contributed by atoms with Crippen molar-refractivity contribution in [2.75, 3.05) is 13.2 Å². The minimum absolute atomic E-state index is 0. The molecule has 4 aromatic heterocycles. The van der Waals surface area contributed by atoms with Crippen LogP contribution in [0.1, 0.15) is 18.9 Å². The van der Waals surface area contributed by atoms with Crippen molar-refractivity contribution in [2.45, 2.75) is 26.6 Å². The Morgan fingerprint density at radius 2 is 1.29 bits per heavy atom. The van der Waals surface area contributed by atoms with E-state index in [0.29, 0.717) is 47.3 Å². The molecule has 233 valence electrons. The van der Waals surface area contributed by atoms with Crippen LogP contribution in [-0.4, -0.2) is 49.5 Å². The Morgan fingerprint density at radius 1 is 0.756 bits per heavy atom. The average molecular weight is 694 g/mol. The number of hydrogen-bond acceptors (Lipinski definition) is 7. The summed E-state index contributed by atoms with van der Waals surface area (Å²) < 4.78 is 51.4. The van der Waals surface area contributed by atoms with E-state index in [4.69, 9.17) is 9.47 Å². The number of H-pyrrole nitrogens is 2. The number of halogens is 3. The molecule has 2 N–H and O–H groups in total. The molecule has 0 amide bonds. The number of ether oxygens (including phenoxy) is 3. The third-order valence-electron chi connectivity index (χ3n) is 6.02. The maximum Gasteiger partial charge on any atom is 0.573 e. The van der Waals surface area contributed by atoms with Gasteiger partial charge in [0.2, 0.25) is 0 Å². The number of rotatable bonds is 8. The van der Waals surface area contributed by atoms with Crippen molar-refractivity contribution in [3.8, 4) is 40.3 Å². The van der Waals surface area contributed by atoms with Gasteiger partial charge in [-0.2, -0.15) is 0 Å². The molecule has 0 fully saturated rings. The van der Waals surface area contributed by atoms with Crippen LogP contribution in [-0.2, 0) is 32.7 Å². The van der Waals surface area contributed by atoms with E-state index in [-0.39, 0.29) is 45.9 Å². The van der Waals surface area contributed by atoms with Gasteiger partial charge in [0.25, 0.3) is 0 Å². The van der Waals surface area contributed by atoms with Crippen molar-refractivity contribution in [3.63, 3.8) is 0 Å². The zero-order valence-corrected chi connectivity index (χ0v) is 27.8. The van der Waals surface area contributed by atoms with E-state index in [9.17, 15) is 13.2 Å². The number of aryl methyl sites for hydroxylation is 1. The van der Waals surface area contributed by atoms with Gasteiger partial charge in [-0.05, 0) is 74.0 Å². The molecule has 9 nitrogen and oxygen atoms in total. The molecule has 0 saturated heterocycles. The quantitative estimate of drug-likeness (QED) is 0.156. The van der Waals surface area contributed by atoms with Gasteiger partial charge in [-0.25, -0.2) is 19.9 Å². The molecule has 0 aliphatic rings. The summed E-state index contributed by atoms with van der Waals surface area (Å²) in [6.45, 7) is 8.69. The monoisotopic (exact) mass is 693 g/mol. The predicted molar refractivity (Wildman–Crippen MR) is 163 cm³/mol. The number of benzene rings is 2. The van der Waals surface area contributed by atoms with Crippen molar-refractivity contribution in [1.29, 1.82) is 0 Å². The van der Waals surface area contributed by atoms with Gasteiger partial charge < -0.3 is 38.5 Å². The smallest absolute Gasteiger partial charge is 0.524 e. The molecule has 0 unspecified atom stereocenters. The van der Waals surface area contributed by atoms with Crippen molar-refractivity contribution in [1.82, 2.24) is 29.9 Å². The molecule has 13 heteroatoms. The fourth-order valence-corrected chi connectivity index (χ4v) is 4.10. The molecule has 0 aliphatic heterocycles. The van der Waals surface area contributed by atoms with Gasteiger partial charge in [-0.1, -0.05) is 13.0 Å². The summed E-state index contributed by atoms with van der Waals surface area (Å²) >= 11 is 0. The van der Waals surface area contributed by atoms with E-state index < -0.39 is 6.36 Å². The molecule has 2 aromatic carbocycles. The molecule has 0 spiro atoms. The molecule has 0 aliphatic carbocycles. The van der Waals surface area contributed by atoms with Gasteiger partial charge in [0.15, 0.2) is 11.6 Å². The summed E-state index contributed by atoms with van der Waals surface area (Å²) in [5.41, 5.74) is 5.48. The maximum atomic E-state index is 12.3. The fraction of sp³-hybridized carbons (Fsp3) is 0.188. The van der Waals surface area contributed by atoms with Crippen LogP contribution >= 0.6 is 0 Å². The van der Waals surface area contributed by atoms with E-state index in [2.05, 4.69) is 54.6 Å².